The number of alkyl halides is 3. The van der Waals surface area contributed by atoms with Crippen LogP contribution >= 0.6 is 0 Å². The van der Waals surface area contributed by atoms with E-state index in [0.717, 1.165) is 0 Å². The van der Waals surface area contributed by atoms with Gasteiger partial charge in [0.15, 0.2) is 0 Å². The van der Waals surface area contributed by atoms with Crippen LogP contribution in [-0.2, 0) is 6.42 Å². The predicted molar refractivity (Wildman–Crippen MR) is 52.3 cm³/mol. The number of aliphatic hydroxyl groups excluding tert-OH is 1. The highest BCUT2D eigenvalue weighted by atomic mass is 19.4. The summed E-state index contributed by atoms with van der Waals surface area (Å²) in [6, 6.07) is 6.15. The molecule has 15 heavy (non-hydrogen) atoms. The van der Waals surface area contributed by atoms with Crippen molar-refractivity contribution in [1.82, 2.24) is 0 Å². The molecular formula is C11H11F3O. The van der Waals surface area contributed by atoms with Crippen LogP contribution in [0.15, 0.2) is 30.3 Å². The first-order valence-electron chi connectivity index (χ1n) is 4.44. The Morgan fingerprint density at radius 2 is 2.00 bits per heavy atom. The summed E-state index contributed by atoms with van der Waals surface area (Å²) in [5, 5.41) is 8.52. The summed E-state index contributed by atoms with van der Waals surface area (Å²) >= 11 is 0. The fourth-order valence-electron chi connectivity index (χ4n) is 1.23. The van der Waals surface area contributed by atoms with Crippen molar-refractivity contribution >= 4 is 6.08 Å². The average Bonchev–Trinajstić information content (AvgIpc) is 2.12. The number of hydrogen-bond donors (Lipinski definition) is 1. The molecule has 0 aliphatic rings. The minimum atomic E-state index is -4.18. The van der Waals surface area contributed by atoms with Gasteiger partial charge in [0.25, 0.3) is 0 Å². The quantitative estimate of drug-likeness (QED) is 0.823. The molecule has 0 heterocycles. The van der Waals surface area contributed by atoms with Crippen molar-refractivity contribution in [3.05, 3.63) is 41.5 Å². The van der Waals surface area contributed by atoms with Crippen LogP contribution in [0.2, 0.25) is 0 Å². The van der Waals surface area contributed by atoms with Crippen LogP contribution < -0.4 is 0 Å². The average molecular weight is 216 g/mol. The van der Waals surface area contributed by atoms with E-state index in [4.69, 9.17) is 5.11 Å². The first-order valence-corrected chi connectivity index (χ1v) is 4.44. The lowest BCUT2D eigenvalue weighted by Gasteiger charge is -2.06. The molecule has 1 rings (SSSR count). The fourth-order valence-corrected chi connectivity index (χ4v) is 1.23. The van der Waals surface area contributed by atoms with Gasteiger partial charge < -0.3 is 5.11 Å². The molecule has 1 nitrogen and oxygen atoms in total. The molecule has 0 bridgehead atoms. The van der Waals surface area contributed by atoms with E-state index >= 15 is 0 Å². The predicted octanol–water partition coefficient (Wildman–Crippen LogP) is 2.80. The minimum Gasteiger partial charge on any atom is -0.392 e. The van der Waals surface area contributed by atoms with Crippen LogP contribution in [-0.4, -0.2) is 17.9 Å². The Balaban J connectivity index is 2.79. The van der Waals surface area contributed by atoms with Gasteiger partial charge in [-0.05, 0) is 11.1 Å². The first kappa shape index (κ1) is 11.8. The Kier molecular flexibility index (Phi) is 3.91. The van der Waals surface area contributed by atoms with Crippen LogP contribution in [0, 0.1) is 0 Å². The summed E-state index contributed by atoms with van der Waals surface area (Å²) < 4.78 is 36.2. The SMILES string of the molecule is OC/C=C/c1cccc(CC(F)(F)F)c1. The normalized spacial score (nSPS) is 12.3. The van der Waals surface area contributed by atoms with E-state index < -0.39 is 12.6 Å². The van der Waals surface area contributed by atoms with Gasteiger partial charge in [0, 0.05) is 0 Å². The Labute approximate surface area is 85.9 Å². The smallest absolute Gasteiger partial charge is 0.392 e. The Morgan fingerprint density at radius 3 is 2.60 bits per heavy atom. The summed E-state index contributed by atoms with van der Waals surface area (Å²) in [6.07, 6.45) is -2.04. The van der Waals surface area contributed by atoms with Crippen LogP contribution in [0.25, 0.3) is 6.08 Å². The molecule has 0 aromatic heterocycles. The Hall–Kier alpha value is -1.29. The summed E-state index contributed by atoms with van der Waals surface area (Å²) in [7, 11) is 0. The zero-order valence-electron chi connectivity index (χ0n) is 7.96. The van der Waals surface area contributed by atoms with E-state index in [9.17, 15) is 13.2 Å². The lowest BCUT2D eigenvalue weighted by Crippen LogP contribution is -2.11. The molecule has 0 fully saturated rings. The summed E-state index contributed by atoms with van der Waals surface area (Å²) in [5.41, 5.74) is 0.883. The van der Waals surface area contributed by atoms with Crippen LogP contribution in [0.1, 0.15) is 11.1 Å². The monoisotopic (exact) mass is 216 g/mol. The van der Waals surface area contributed by atoms with Crippen molar-refractivity contribution in [2.24, 2.45) is 0 Å². The zero-order valence-corrected chi connectivity index (χ0v) is 7.96. The Morgan fingerprint density at radius 1 is 1.27 bits per heavy atom. The van der Waals surface area contributed by atoms with Crippen LogP contribution in [0.5, 0.6) is 0 Å². The van der Waals surface area contributed by atoms with Crippen LogP contribution in [0.4, 0.5) is 13.2 Å². The van der Waals surface area contributed by atoms with Crippen molar-refractivity contribution in [1.29, 1.82) is 0 Å². The molecule has 0 saturated carbocycles. The van der Waals surface area contributed by atoms with Gasteiger partial charge in [-0.3, -0.25) is 0 Å². The van der Waals surface area contributed by atoms with E-state index in [0.29, 0.717) is 5.56 Å². The molecule has 1 N–H and O–H groups in total. The van der Waals surface area contributed by atoms with Crippen molar-refractivity contribution in [3.63, 3.8) is 0 Å². The molecule has 1 aromatic rings. The van der Waals surface area contributed by atoms with Gasteiger partial charge in [-0.15, -0.1) is 0 Å². The maximum atomic E-state index is 12.1. The van der Waals surface area contributed by atoms with Crippen LogP contribution in [0.3, 0.4) is 0 Å². The van der Waals surface area contributed by atoms with Gasteiger partial charge >= 0.3 is 6.18 Å². The standard InChI is InChI=1S/C11H11F3O/c12-11(13,14)8-10-4-1-3-9(7-10)5-2-6-15/h1-5,7,15H,6,8H2/b5-2+. The van der Waals surface area contributed by atoms with Crippen molar-refractivity contribution in [2.45, 2.75) is 12.6 Å². The van der Waals surface area contributed by atoms with Gasteiger partial charge in [0.1, 0.15) is 0 Å². The van der Waals surface area contributed by atoms with Gasteiger partial charge in [-0.25, -0.2) is 0 Å². The second-order valence-corrected chi connectivity index (χ2v) is 3.12. The second-order valence-electron chi connectivity index (χ2n) is 3.12. The van der Waals surface area contributed by atoms with E-state index in [-0.39, 0.29) is 12.2 Å². The van der Waals surface area contributed by atoms with E-state index in [2.05, 4.69) is 0 Å². The molecule has 0 atom stereocenters. The number of benzene rings is 1. The van der Waals surface area contributed by atoms with Gasteiger partial charge in [0.05, 0.1) is 13.0 Å². The lowest BCUT2D eigenvalue weighted by atomic mass is 10.1. The molecule has 0 saturated heterocycles. The van der Waals surface area contributed by atoms with Gasteiger partial charge in [0.2, 0.25) is 0 Å². The third-order valence-electron chi connectivity index (χ3n) is 1.77. The third kappa shape index (κ3) is 4.65. The number of aliphatic hydroxyl groups is 1. The molecule has 0 aliphatic carbocycles. The Bertz CT molecular complexity index is 342. The van der Waals surface area contributed by atoms with Crippen molar-refractivity contribution in [3.8, 4) is 0 Å². The topological polar surface area (TPSA) is 20.2 Å². The molecule has 82 valence electrons. The molecule has 0 radical (unpaired) electrons. The minimum absolute atomic E-state index is 0.122. The molecule has 0 amide bonds. The highest BCUT2D eigenvalue weighted by Gasteiger charge is 2.27. The second kappa shape index (κ2) is 4.98. The first-order chi connectivity index (χ1) is 7.01. The van der Waals surface area contributed by atoms with E-state index in [1.807, 2.05) is 0 Å². The van der Waals surface area contributed by atoms with Gasteiger partial charge in [-0.1, -0.05) is 36.4 Å². The summed E-state index contributed by atoms with van der Waals surface area (Å²) in [6.45, 7) is -0.122. The van der Waals surface area contributed by atoms with Gasteiger partial charge in [-0.2, -0.15) is 13.2 Å². The summed E-state index contributed by atoms with van der Waals surface area (Å²) in [4.78, 5) is 0. The molecular weight excluding hydrogens is 205 g/mol. The molecule has 0 aliphatic heterocycles. The maximum Gasteiger partial charge on any atom is 0.393 e. The van der Waals surface area contributed by atoms with E-state index in [1.165, 1.54) is 18.2 Å². The highest BCUT2D eigenvalue weighted by Crippen LogP contribution is 2.21. The molecule has 1 aromatic carbocycles. The molecule has 0 unspecified atom stereocenters. The zero-order chi connectivity index (χ0) is 11.3. The molecule has 0 spiro atoms. The number of hydrogen-bond acceptors (Lipinski definition) is 1. The fraction of sp³-hybridized carbons (Fsp3) is 0.273. The highest BCUT2D eigenvalue weighted by molar-refractivity contribution is 5.50. The number of rotatable bonds is 3. The maximum absolute atomic E-state index is 12.1. The molecule has 4 heteroatoms. The summed E-state index contributed by atoms with van der Waals surface area (Å²) in [5.74, 6) is 0. The third-order valence-corrected chi connectivity index (χ3v) is 1.77. The lowest BCUT2D eigenvalue weighted by molar-refractivity contribution is -0.127. The van der Waals surface area contributed by atoms with Crippen molar-refractivity contribution in [2.75, 3.05) is 6.61 Å². The number of halogens is 3. The van der Waals surface area contributed by atoms with E-state index in [1.54, 1.807) is 18.2 Å². The largest absolute Gasteiger partial charge is 0.393 e. The van der Waals surface area contributed by atoms with Crippen molar-refractivity contribution < 1.29 is 18.3 Å².